The quantitative estimate of drug-likeness (QED) is 0.804. The first-order chi connectivity index (χ1) is 10.7. The number of nitrogens with one attached hydrogen (secondary N) is 1. The second-order valence-electron chi connectivity index (χ2n) is 4.97. The van der Waals surface area contributed by atoms with Crippen molar-refractivity contribution < 1.29 is 4.79 Å². The van der Waals surface area contributed by atoms with Crippen molar-refractivity contribution in [3.8, 4) is 5.69 Å². The van der Waals surface area contributed by atoms with Crippen molar-refractivity contribution in [3.63, 3.8) is 0 Å². The number of rotatable bonds is 4. The molecule has 3 rings (SSSR count). The van der Waals surface area contributed by atoms with Gasteiger partial charge in [-0.05, 0) is 36.8 Å². The van der Waals surface area contributed by atoms with Crippen LogP contribution in [-0.2, 0) is 0 Å². The molecule has 22 heavy (non-hydrogen) atoms. The van der Waals surface area contributed by atoms with Crippen LogP contribution in [0.5, 0.6) is 0 Å². The Balaban J connectivity index is 1.70. The van der Waals surface area contributed by atoms with Gasteiger partial charge in [0.15, 0.2) is 0 Å². The number of carbonyl (C=O) groups is 1. The Bertz CT molecular complexity index is 736. The van der Waals surface area contributed by atoms with Crippen molar-refractivity contribution in [2.24, 2.45) is 0 Å². The van der Waals surface area contributed by atoms with Crippen molar-refractivity contribution in [2.45, 2.75) is 13.0 Å². The minimum absolute atomic E-state index is 0.0913. The number of hydrogen-bond donors (Lipinski definition) is 1. The number of amides is 1. The van der Waals surface area contributed by atoms with Gasteiger partial charge in [0.1, 0.15) is 5.69 Å². The highest BCUT2D eigenvalue weighted by atomic mass is 16.1. The number of hydrogen-bond acceptors (Lipinski definition) is 3. The van der Waals surface area contributed by atoms with E-state index in [-0.39, 0.29) is 11.9 Å². The normalized spacial score (nSPS) is 11.9. The van der Waals surface area contributed by atoms with Crippen molar-refractivity contribution in [2.75, 3.05) is 0 Å². The third-order valence-electron chi connectivity index (χ3n) is 3.44. The number of nitrogens with zero attached hydrogens (tertiary/aromatic N) is 3. The highest BCUT2D eigenvalue weighted by molar-refractivity contribution is 5.92. The lowest BCUT2D eigenvalue weighted by Gasteiger charge is -2.14. The maximum Gasteiger partial charge on any atom is 0.270 e. The number of carbonyl (C=O) groups excluding carboxylic acids is 1. The van der Waals surface area contributed by atoms with Gasteiger partial charge in [0.05, 0.1) is 12.4 Å². The number of benzene rings is 1. The van der Waals surface area contributed by atoms with Crippen LogP contribution in [-0.4, -0.2) is 20.4 Å². The van der Waals surface area contributed by atoms with Crippen molar-refractivity contribution >= 4 is 5.91 Å². The lowest BCUT2D eigenvalue weighted by Crippen LogP contribution is -2.27. The number of pyridine rings is 1. The summed E-state index contributed by atoms with van der Waals surface area (Å²) in [6.45, 7) is 1.95. The molecule has 2 heterocycles. The lowest BCUT2D eigenvalue weighted by atomic mass is 10.1. The molecule has 3 aromatic rings. The fourth-order valence-electron chi connectivity index (χ4n) is 2.20. The van der Waals surface area contributed by atoms with Gasteiger partial charge >= 0.3 is 0 Å². The minimum Gasteiger partial charge on any atom is -0.344 e. The molecule has 0 unspecified atom stereocenters. The fourth-order valence-corrected chi connectivity index (χ4v) is 2.20. The van der Waals surface area contributed by atoms with E-state index < -0.39 is 0 Å². The minimum atomic E-state index is -0.174. The van der Waals surface area contributed by atoms with Gasteiger partial charge in [-0.25, -0.2) is 4.98 Å². The van der Waals surface area contributed by atoms with E-state index in [1.807, 2.05) is 42.0 Å². The van der Waals surface area contributed by atoms with Gasteiger partial charge in [0, 0.05) is 24.3 Å². The Morgan fingerprint density at radius 3 is 2.59 bits per heavy atom. The average Bonchev–Trinajstić information content (AvgIpc) is 3.10. The summed E-state index contributed by atoms with van der Waals surface area (Å²) in [5.74, 6) is -0.174. The van der Waals surface area contributed by atoms with Crippen LogP contribution in [0.4, 0.5) is 0 Å². The zero-order valence-corrected chi connectivity index (χ0v) is 12.2. The van der Waals surface area contributed by atoms with E-state index in [0.717, 1.165) is 11.3 Å². The molecule has 0 aliphatic rings. The smallest absolute Gasteiger partial charge is 0.270 e. The largest absolute Gasteiger partial charge is 0.344 e. The Morgan fingerprint density at radius 2 is 1.95 bits per heavy atom. The summed E-state index contributed by atoms with van der Waals surface area (Å²) in [5, 5.41) is 2.95. The summed E-state index contributed by atoms with van der Waals surface area (Å²) >= 11 is 0. The van der Waals surface area contributed by atoms with Crippen LogP contribution in [0.3, 0.4) is 0 Å². The van der Waals surface area contributed by atoms with Gasteiger partial charge in [0.25, 0.3) is 5.91 Å². The lowest BCUT2D eigenvalue weighted by molar-refractivity contribution is 0.0935. The van der Waals surface area contributed by atoms with Gasteiger partial charge in [-0.2, -0.15) is 0 Å². The van der Waals surface area contributed by atoms with E-state index in [9.17, 15) is 4.79 Å². The van der Waals surface area contributed by atoms with Crippen LogP contribution in [0.25, 0.3) is 5.69 Å². The summed E-state index contributed by atoms with van der Waals surface area (Å²) < 4.78 is 1.93. The molecule has 1 aromatic carbocycles. The molecular weight excluding hydrogens is 276 g/mol. The Labute approximate surface area is 128 Å². The van der Waals surface area contributed by atoms with Crippen molar-refractivity contribution in [1.82, 2.24) is 19.9 Å². The summed E-state index contributed by atoms with van der Waals surface area (Å²) in [5.41, 5.74) is 2.49. The molecule has 0 saturated carbocycles. The van der Waals surface area contributed by atoms with Gasteiger partial charge < -0.3 is 9.88 Å². The third-order valence-corrected chi connectivity index (χ3v) is 3.44. The number of imidazole rings is 1. The number of aromatic nitrogens is 3. The molecule has 1 atom stereocenters. The van der Waals surface area contributed by atoms with Gasteiger partial charge in [0.2, 0.25) is 0 Å². The molecule has 0 bridgehead atoms. The molecule has 0 fully saturated rings. The zero-order chi connectivity index (χ0) is 15.4. The molecule has 0 aliphatic carbocycles. The standard InChI is InChI=1S/C17H16N4O/c1-13(20-17(22)16-4-2-3-9-19-16)14-5-7-15(8-6-14)21-11-10-18-12-21/h2-13H,1H3,(H,20,22)/t13-/m1/s1. The van der Waals surface area contributed by atoms with Crippen molar-refractivity contribution in [1.29, 1.82) is 0 Å². The molecular formula is C17H16N4O. The van der Waals surface area contributed by atoms with Gasteiger partial charge in [-0.1, -0.05) is 18.2 Å². The van der Waals surface area contributed by atoms with E-state index in [1.165, 1.54) is 0 Å². The van der Waals surface area contributed by atoms with Crippen LogP contribution >= 0.6 is 0 Å². The maximum atomic E-state index is 12.1. The molecule has 0 saturated heterocycles. The van der Waals surface area contributed by atoms with Crippen LogP contribution in [0, 0.1) is 0 Å². The van der Waals surface area contributed by atoms with Crippen LogP contribution < -0.4 is 5.32 Å². The van der Waals surface area contributed by atoms with E-state index in [2.05, 4.69) is 15.3 Å². The predicted molar refractivity (Wildman–Crippen MR) is 83.7 cm³/mol. The molecule has 110 valence electrons. The van der Waals surface area contributed by atoms with E-state index in [4.69, 9.17) is 0 Å². The highest BCUT2D eigenvalue weighted by Gasteiger charge is 2.12. The molecule has 0 aliphatic heterocycles. The molecule has 1 amide bonds. The summed E-state index contributed by atoms with van der Waals surface area (Å²) in [6, 6.07) is 13.2. The molecule has 5 heteroatoms. The van der Waals surface area contributed by atoms with Crippen LogP contribution in [0.15, 0.2) is 67.4 Å². The third kappa shape index (κ3) is 3.03. The fraction of sp³-hybridized carbons (Fsp3) is 0.118. The molecule has 5 nitrogen and oxygen atoms in total. The zero-order valence-electron chi connectivity index (χ0n) is 12.2. The second-order valence-corrected chi connectivity index (χ2v) is 4.97. The highest BCUT2D eigenvalue weighted by Crippen LogP contribution is 2.16. The molecule has 0 spiro atoms. The Hall–Kier alpha value is -2.95. The average molecular weight is 292 g/mol. The Kier molecular flexibility index (Phi) is 3.96. The SMILES string of the molecule is C[C@@H](NC(=O)c1ccccn1)c1ccc(-n2ccnc2)cc1. The van der Waals surface area contributed by atoms with Gasteiger partial charge in [-0.3, -0.25) is 9.78 Å². The van der Waals surface area contributed by atoms with E-state index in [0.29, 0.717) is 5.69 Å². The molecule has 1 N–H and O–H groups in total. The summed E-state index contributed by atoms with van der Waals surface area (Å²) in [7, 11) is 0. The van der Waals surface area contributed by atoms with Gasteiger partial charge in [-0.15, -0.1) is 0 Å². The predicted octanol–water partition coefficient (Wildman–Crippen LogP) is 2.76. The Morgan fingerprint density at radius 1 is 1.14 bits per heavy atom. The van der Waals surface area contributed by atoms with E-state index >= 15 is 0 Å². The molecule has 2 aromatic heterocycles. The molecule has 0 radical (unpaired) electrons. The summed E-state index contributed by atoms with van der Waals surface area (Å²) in [6.07, 6.45) is 6.99. The first-order valence-electron chi connectivity index (χ1n) is 7.04. The van der Waals surface area contributed by atoms with Crippen molar-refractivity contribution in [3.05, 3.63) is 78.6 Å². The van der Waals surface area contributed by atoms with Crippen LogP contribution in [0.1, 0.15) is 29.0 Å². The topological polar surface area (TPSA) is 59.8 Å². The first-order valence-corrected chi connectivity index (χ1v) is 7.04. The monoisotopic (exact) mass is 292 g/mol. The first kappa shape index (κ1) is 14.0. The second kappa shape index (κ2) is 6.22. The van der Waals surface area contributed by atoms with E-state index in [1.54, 1.807) is 36.9 Å². The van der Waals surface area contributed by atoms with Crippen LogP contribution in [0.2, 0.25) is 0 Å². The maximum absolute atomic E-state index is 12.1. The summed E-state index contributed by atoms with van der Waals surface area (Å²) in [4.78, 5) is 20.2.